The molecule has 0 saturated heterocycles. The monoisotopic (exact) mass is 382 g/mol. The number of nitrogens with zero attached hydrogens (tertiary/aromatic N) is 1. The van der Waals surface area contributed by atoms with Crippen molar-refractivity contribution in [3.05, 3.63) is 34.7 Å². The highest BCUT2D eigenvalue weighted by atomic mass is 16.5. The summed E-state index contributed by atoms with van der Waals surface area (Å²) in [5.41, 5.74) is 4.95. The standard InChI is InChI=1S/C21H26N4O3/c1-7-27-21(26)18-15-8-11(4)14(17-12(5)25-28-13(17)6)9-16(15)23-20(18)24-19(22)10(2)3/h8-10,23H,7H2,1-6H3,(H2,22,24). The summed E-state index contributed by atoms with van der Waals surface area (Å²) in [7, 11) is 0. The molecule has 0 bridgehead atoms. The lowest BCUT2D eigenvalue weighted by molar-refractivity contribution is 0.0530. The highest BCUT2D eigenvalue weighted by Gasteiger charge is 2.23. The maximum atomic E-state index is 12.6. The molecule has 2 heterocycles. The predicted octanol–water partition coefficient (Wildman–Crippen LogP) is 4.97. The molecular formula is C21H26N4O3. The topological polar surface area (TPSA) is 104 Å². The van der Waals surface area contributed by atoms with E-state index in [0.29, 0.717) is 17.2 Å². The Labute approximate surface area is 164 Å². The van der Waals surface area contributed by atoms with Crippen molar-refractivity contribution in [1.82, 2.24) is 10.1 Å². The first-order valence-corrected chi connectivity index (χ1v) is 9.36. The van der Waals surface area contributed by atoms with Gasteiger partial charge in [0.25, 0.3) is 0 Å². The van der Waals surface area contributed by atoms with Crippen LogP contribution in [0.4, 0.5) is 5.82 Å². The molecule has 7 heteroatoms. The van der Waals surface area contributed by atoms with Crippen molar-refractivity contribution < 1.29 is 14.1 Å². The Hall–Kier alpha value is -3.09. The minimum atomic E-state index is -0.419. The maximum absolute atomic E-state index is 12.6. The fraction of sp³-hybridized carbons (Fsp3) is 0.381. The van der Waals surface area contributed by atoms with Crippen molar-refractivity contribution in [2.75, 3.05) is 11.9 Å². The van der Waals surface area contributed by atoms with Crippen LogP contribution >= 0.6 is 0 Å². The van der Waals surface area contributed by atoms with Crippen LogP contribution in [-0.2, 0) is 4.74 Å². The van der Waals surface area contributed by atoms with Crippen LogP contribution in [0.2, 0.25) is 0 Å². The molecule has 2 aromatic heterocycles. The maximum Gasteiger partial charge on any atom is 0.342 e. The molecule has 148 valence electrons. The number of fused-ring (bicyclic) bond motifs is 1. The number of H-pyrrole nitrogens is 1. The molecule has 0 atom stereocenters. The van der Waals surface area contributed by atoms with E-state index in [9.17, 15) is 4.79 Å². The number of rotatable bonds is 5. The highest BCUT2D eigenvalue weighted by molar-refractivity contribution is 6.13. The van der Waals surface area contributed by atoms with Crippen molar-refractivity contribution >= 4 is 28.5 Å². The van der Waals surface area contributed by atoms with Crippen LogP contribution in [0.1, 0.15) is 48.1 Å². The molecule has 3 rings (SSSR count). The summed E-state index contributed by atoms with van der Waals surface area (Å²) in [5, 5.41) is 16.0. The number of esters is 1. The lowest BCUT2D eigenvalue weighted by atomic mass is 9.96. The lowest BCUT2D eigenvalue weighted by Gasteiger charge is -2.11. The Kier molecular flexibility index (Phi) is 5.27. The minimum Gasteiger partial charge on any atom is -0.462 e. The van der Waals surface area contributed by atoms with Crippen LogP contribution in [0, 0.1) is 32.1 Å². The summed E-state index contributed by atoms with van der Waals surface area (Å²) >= 11 is 0. The Morgan fingerprint density at radius 1 is 1.32 bits per heavy atom. The van der Waals surface area contributed by atoms with E-state index in [-0.39, 0.29) is 12.5 Å². The molecule has 3 aromatic rings. The molecular weight excluding hydrogens is 356 g/mol. The minimum absolute atomic E-state index is 0.000980. The zero-order valence-corrected chi connectivity index (χ0v) is 17.1. The van der Waals surface area contributed by atoms with Gasteiger partial charge in [-0.2, -0.15) is 0 Å². The first-order valence-electron chi connectivity index (χ1n) is 9.36. The molecule has 0 aliphatic rings. The van der Waals surface area contributed by atoms with Crippen molar-refractivity contribution in [3.8, 4) is 11.1 Å². The second-order valence-electron chi connectivity index (χ2n) is 7.20. The van der Waals surface area contributed by atoms with E-state index in [0.717, 1.165) is 39.0 Å². The number of nitrogens with one attached hydrogen (secondary N) is 3. The number of hydrogen-bond acceptors (Lipinski definition) is 5. The molecule has 0 unspecified atom stereocenters. The number of ether oxygens (including phenoxy) is 1. The molecule has 28 heavy (non-hydrogen) atoms. The molecule has 0 amide bonds. The first kappa shape index (κ1) is 19.7. The fourth-order valence-electron chi connectivity index (χ4n) is 3.27. The second kappa shape index (κ2) is 7.50. The number of anilines is 1. The van der Waals surface area contributed by atoms with E-state index in [1.165, 1.54) is 0 Å². The number of carbonyl (C=O) groups excluding carboxylic acids is 1. The quantitative estimate of drug-likeness (QED) is 0.328. The molecule has 0 fully saturated rings. The van der Waals surface area contributed by atoms with Gasteiger partial charge in [0.05, 0.1) is 12.3 Å². The van der Waals surface area contributed by atoms with Gasteiger partial charge < -0.3 is 19.6 Å². The average Bonchev–Trinajstić information content (AvgIpc) is 3.13. The summed E-state index contributed by atoms with van der Waals surface area (Å²) in [4.78, 5) is 15.9. The van der Waals surface area contributed by atoms with Crippen molar-refractivity contribution in [2.45, 2.75) is 41.5 Å². The van der Waals surface area contributed by atoms with Crippen molar-refractivity contribution in [3.63, 3.8) is 0 Å². The number of aromatic nitrogens is 2. The van der Waals surface area contributed by atoms with Crippen LogP contribution in [0.3, 0.4) is 0 Å². The summed E-state index contributed by atoms with van der Waals surface area (Å²) in [6.45, 7) is 11.7. The van der Waals surface area contributed by atoms with E-state index in [1.54, 1.807) is 6.92 Å². The van der Waals surface area contributed by atoms with E-state index in [1.807, 2.05) is 46.8 Å². The zero-order chi connectivity index (χ0) is 20.6. The van der Waals surface area contributed by atoms with Gasteiger partial charge in [-0.15, -0.1) is 0 Å². The Balaban J connectivity index is 2.22. The molecule has 0 aliphatic carbocycles. The molecule has 0 aliphatic heterocycles. The van der Waals surface area contributed by atoms with Gasteiger partial charge in [-0.25, -0.2) is 4.79 Å². The van der Waals surface area contributed by atoms with E-state index >= 15 is 0 Å². The molecule has 7 nitrogen and oxygen atoms in total. The van der Waals surface area contributed by atoms with Crippen LogP contribution in [0.25, 0.3) is 22.0 Å². The van der Waals surface area contributed by atoms with Crippen LogP contribution in [0.15, 0.2) is 16.7 Å². The summed E-state index contributed by atoms with van der Waals surface area (Å²) in [6.07, 6.45) is 0. The number of aryl methyl sites for hydroxylation is 3. The van der Waals surface area contributed by atoms with Gasteiger partial charge in [0.2, 0.25) is 0 Å². The van der Waals surface area contributed by atoms with Crippen LogP contribution < -0.4 is 5.32 Å². The predicted molar refractivity (Wildman–Crippen MR) is 110 cm³/mol. The third-order valence-corrected chi connectivity index (χ3v) is 4.76. The number of benzene rings is 1. The van der Waals surface area contributed by atoms with Crippen molar-refractivity contribution in [1.29, 1.82) is 5.41 Å². The van der Waals surface area contributed by atoms with Gasteiger partial charge in [-0.05, 0) is 51.0 Å². The summed E-state index contributed by atoms with van der Waals surface area (Å²) < 4.78 is 10.6. The third kappa shape index (κ3) is 3.40. The lowest BCUT2D eigenvalue weighted by Crippen LogP contribution is -2.19. The van der Waals surface area contributed by atoms with Gasteiger partial charge in [-0.3, -0.25) is 5.41 Å². The first-order chi connectivity index (χ1) is 13.2. The van der Waals surface area contributed by atoms with Gasteiger partial charge in [-0.1, -0.05) is 19.0 Å². The number of carbonyl (C=O) groups is 1. The number of hydrogen-bond donors (Lipinski definition) is 3. The van der Waals surface area contributed by atoms with E-state index in [2.05, 4.69) is 15.5 Å². The van der Waals surface area contributed by atoms with Crippen molar-refractivity contribution in [2.24, 2.45) is 5.92 Å². The molecule has 0 saturated carbocycles. The van der Waals surface area contributed by atoms with Gasteiger partial charge in [0.15, 0.2) is 0 Å². The smallest absolute Gasteiger partial charge is 0.342 e. The molecule has 0 spiro atoms. The molecule has 0 radical (unpaired) electrons. The van der Waals surface area contributed by atoms with Gasteiger partial charge in [0, 0.05) is 22.4 Å². The molecule has 3 N–H and O–H groups in total. The van der Waals surface area contributed by atoms with Crippen LogP contribution in [-0.4, -0.2) is 28.6 Å². The normalized spacial score (nSPS) is 11.2. The number of amidine groups is 1. The Morgan fingerprint density at radius 3 is 2.61 bits per heavy atom. The largest absolute Gasteiger partial charge is 0.462 e. The third-order valence-electron chi connectivity index (χ3n) is 4.76. The van der Waals surface area contributed by atoms with E-state index < -0.39 is 5.97 Å². The van der Waals surface area contributed by atoms with Gasteiger partial charge in [0.1, 0.15) is 23.0 Å². The van der Waals surface area contributed by atoms with Gasteiger partial charge >= 0.3 is 5.97 Å². The molecule has 1 aromatic carbocycles. The van der Waals surface area contributed by atoms with E-state index in [4.69, 9.17) is 14.7 Å². The average molecular weight is 382 g/mol. The number of aromatic amines is 1. The Morgan fingerprint density at radius 2 is 2.04 bits per heavy atom. The summed E-state index contributed by atoms with van der Waals surface area (Å²) in [6, 6.07) is 3.95. The second-order valence-corrected chi connectivity index (χ2v) is 7.20. The fourth-order valence-corrected chi connectivity index (χ4v) is 3.27. The SMILES string of the molecule is CCOC(=O)c1c(NC(=N)C(C)C)[nH]c2cc(-c3c(C)noc3C)c(C)cc12. The Bertz CT molecular complexity index is 1040. The zero-order valence-electron chi connectivity index (χ0n) is 17.1. The highest BCUT2D eigenvalue weighted by Crippen LogP contribution is 2.36. The summed E-state index contributed by atoms with van der Waals surface area (Å²) in [5.74, 6) is 1.12. The van der Waals surface area contributed by atoms with Crippen LogP contribution in [0.5, 0.6) is 0 Å².